The minimum atomic E-state index is -0.880. The monoisotopic (exact) mass is 495 g/mol. The molecule has 9 heteroatoms. The molecule has 34 heavy (non-hydrogen) atoms. The number of hydrogen-bond donors (Lipinski definition) is 0. The number of carbonyl (C=O) groups excluding carboxylic acids is 2. The number of nitrogens with zero attached hydrogens (tertiary/aromatic N) is 3. The number of amides is 2. The smallest absolute Gasteiger partial charge is 0.266 e. The van der Waals surface area contributed by atoms with E-state index in [4.69, 9.17) is 21.2 Å². The van der Waals surface area contributed by atoms with E-state index in [1.807, 2.05) is 53.9 Å². The van der Waals surface area contributed by atoms with Crippen molar-refractivity contribution in [1.29, 1.82) is 0 Å². The first-order valence-corrected chi connectivity index (χ1v) is 12.4. The first kappa shape index (κ1) is 21.6. The Kier molecular flexibility index (Phi) is 5.53. The fourth-order valence-corrected chi connectivity index (χ4v) is 5.84. The number of rotatable bonds is 4. The lowest BCUT2D eigenvalue weighted by atomic mass is 9.95. The fraction of sp³-hybridized carbons (Fsp3) is 0.280. The van der Waals surface area contributed by atoms with Gasteiger partial charge in [0.2, 0.25) is 5.91 Å². The fourth-order valence-electron chi connectivity index (χ4n) is 4.86. The molecule has 0 unspecified atom stereocenters. The van der Waals surface area contributed by atoms with Crippen molar-refractivity contribution in [2.24, 2.45) is 5.92 Å². The second-order valence-corrected chi connectivity index (χ2v) is 9.86. The molecule has 3 atom stereocenters. The summed E-state index contributed by atoms with van der Waals surface area (Å²) in [5, 5.41) is 4.26. The number of ether oxygens (including phenoxy) is 1. The van der Waals surface area contributed by atoms with Gasteiger partial charge in [0.05, 0.1) is 24.6 Å². The third kappa shape index (κ3) is 3.58. The Labute approximate surface area is 206 Å². The van der Waals surface area contributed by atoms with Gasteiger partial charge in [-0.15, -0.1) is 11.3 Å². The van der Waals surface area contributed by atoms with Crippen LogP contribution in [0.3, 0.4) is 0 Å². The summed E-state index contributed by atoms with van der Waals surface area (Å²) in [6, 6.07) is 18.3. The summed E-state index contributed by atoms with van der Waals surface area (Å²) >= 11 is 7.61. The molecule has 4 heterocycles. The molecule has 3 aliphatic heterocycles. The number of thiophene rings is 1. The molecule has 0 radical (unpaired) electrons. The van der Waals surface area contributed by atoms with Gasteiger partial charge in [0.15, 0.2) is 6.10 Å². The summed E-state index contributed by atoms with van der Waals surface area (Å²) in [5.41, 5.74) is 2.36. The van der Waals surface area contributed by atoms with Crippen LogP contribution in [0.2, 0.25) is 5.02 Å². The highest BCUT2D eigenvalue weighted by Crippen LogP contribution is 2.48. The van der Waals surface area contributed by atoms with Crippen LogP contribution in [-0.2, 0) is 19.2 Å². The van der Waals surface area contributed by atoms with E-state index >= 15 is 0 Å². The Bertz CT molecular complexity index is 1200. The van der Waals surface area contributed by atoms with Crippen molar-refractivity contribution in [2.75, 3.05) is 41.2 Å². The average Bonchev–Trinajstić information content (AvgIpc) is 3.58. The lowest BCUT2D eigenvalue weighted by molar-refractivity contribution is -0.126. The van der Waals surface area contributed by atoms with Crippen molar-refractivity contribution < 1.29 is 19.2 Å². The van der Waals surface area contributed by atoms with Crippen LogP contribution in [0.1, 0.15) is 10.9 Å². The lowest BCUT2D eigenvalue weighted by Gasteiger charge is -2.29. The first-order valence-electron chi connectivity index (χ1n) is 11.2. The minimum Gasteiger partial charge on any atom is -0.378 e. The average molecular weight is 496 g/mol. The predicted molar refractivity (Wildman–Crippen MR) is 131 cm³/mol. The van der Waals surface area contributed by atoms with E-state index in [2.05, 4.69) is 4.90 Å². The Morgan fingerprint density at radius 3 is 2.21 bits per heavy atom. The summed E-state index contributed by atoms with van der Waals surface area (Å²) < 4.78 is 5.42. The molecule has 0 aliphatic carbocycles. The predicted octanol–water partition coefficient (Wildman–Crippen LogP) is 4.29. The quantitative estimate of drug-likeness (QED) is 0.503. The van der Waals surface area contributed by atoms with Crippen LogP contribution < -0.4 is 14.9 Å². The van der Waals surface area contributed by atoms with E-state index in [-0.39, 0.29) is 11.8 Å². The van der Waals surface area contributed by atoms with E-state index in [1.54, 1.807) is 28.5 Å². The van der Waals surface area contributed by atoms with Gasteiger partial charge in [-0.25, -0.2) is 9.96 Å². The third-order valence-electron chi connectivity index (χ3n) is 6.52. The molecule has 0 spiro atoms. The number of imide groups is 1. The van der Waals surface area contributed by atoms with Gasteiger partial charge < -0.3 is 9.64 Å². The van der Waals surface area contributed by atoms with Crippen molar-refractivity contribution in [3.63, 3.8) is 0 Å². The van der Waals surface area contributed by atoms with Crippen molar-refractivity contribution in [1.82, 2.24) is 0 Å². The molecule has 2 aromatic carbocycles. The van der Waals surface area contributed by atoms with Crippen molar-refractivity contribution >= 4 is 51.8 Å². The van der Waals surface area contributed by atoms with E-state index in [1.165, 1.54) is 4.90 Å². The molecule has 0 saturated carbocycles. The normalized spacial score (nSPS) is 24.7. The molecule has 3 saturated heterocycles. The van der Waals surface area contributed by atoms with Gasteiger partial charge >= 0.3 is 0 Å². The lowest BCUT2D eigenvalue weighted by Crippen LogP contribution is -2.37. The highest BCUT2D eigenvalue weighted by atomic mass is 35.5. The number of carbonyl (C=O) groups is 2. The van der Waals surface area contributed by atoms with E-state index in [9.17, 15) is 9.59 Å². The van der Waals surface area contributed by atoms with Crippen molar-refractivity contribution in [3.8, 4) is 0 Å². The maximum absolute atomic E-state index is 13.7. The first-order chi connectivity index (χ1) is 16.6. The third-order valence-corrected chi connectivity index (χ3v) is 7.71. The van der Waals surface area contributed by atoms with Crippen molar-refractivity contribution in [2.45, 2.75) is 12.1 Å². The topological polar surface area (TPSA) is 62.3 Å². The Morgan fingerprint density at radius 2 is 1.53 bits per heavy atom. The summed E-state index contributed by atoms with van der Waals surface area (Å²) in [5.74, 6) is -1.23. The summed E-state index contributed by atoms with van der Waals surface area (Å²) in [7, 11) is 0. The van der Waals surface area contributed by atoms with Gasteiger partial charge in [-0.05, 0) is 60.0 Å². The molecule has 0 N–H and O–H groups in total. The van der Waals surface area contributed by atoms with Crippen LogP contribution in [0.15, 0.2) is 66.0 Å². The molecule has 7 nitrogen and oxygen atoms in total. The number of hydroxylamine groups is 1. The number of anilines is 3. The Balaban J connectivity index is 1.31. The largest absolute Gasteiger partial charge is 0.378 e. The second kappa shape index (κ2) is 8.70. The van der Waals surface area contributed by atoms with Crippen LogP contribution in [0.25, 0.3) is 0 Å². The second-order valence-electron chi connectivity index (χ2n) is 8.44. The Hall–Kier alpha value is -2.91. The number of fused-ring (bicyclic) bond motifs is 1. The molecule has 2 amide bonds. The molecule has 1 aromatic heterocycles. The molecule has 3 fully saturated rings. The number of hydrogen-bond acceptors (Lipinski definition) is 7. The Morgan fingerprint density at radius 1 is 0.853 bits per heavy atom. The summed E-state index contributed by atoms with van der Waals surface area (Å²) in [4.78, 5) is 37.8. The van der Waals surface area contributed by atoms with E-state index in [0.717, 1.165) is 29.3 Å². The van der Waals surface area contributed by atoms with Crippen LogP contribution in [0.4, 0.5) is 17.1 Å². The zero-order chi connectivity index (χ0) is 23.2. The van der Waals surface area contributed by atoms with Gasteiger partial charge in [-0.1, -0.05) is 17.7 Å². The van der Waals surface area contributed by atoms with Gasteiger partial charge in [0, 0.05) is 28.7 Å². The molecule has 174 valence electrons. The highest BCUT2D eigenvalue weighted by Gasteiger charge is 2.60. The maximum Gasteiger partial charge on any atom is 0.266 e. The number of morpholine rings is 1. The van der Waals surface area contributed by atoms with Crippen LogP contribution in [-0.4, -0.2) is 44.2 Å². The SMILES string of the molecule is O=C1[C@H]2[C@H](ON(c3ccc(Cl)cc3)[C@@H]2c2cccs2)C(=O)N1c1ccc(N2CCOCC2)cc1. The van der Waals surface area contributed by atoms with Gasteiger partial charge in [0.25, 0.3) is 5.91 Å². The van der Waals surface area contributed by atoms with E-state index in [0.29, 0.717) is 23.9 Å². The van der Waals surface area contributed by atoms with Crippen molar-refractivity contribution in [3.05, 3.63) is 75.9 Å². The van der Waals surface area contributed by atoms with Crippen LogP contribution in [0, 0.1) is 5.92 Å². The molecule has 3 aromatic rings. The zero-order valence-electron chi connectivity index (χ0n) is 18.2. The zero-order valence-corrected chi connectivity index (χ0v) is 19.7. The molecular weight excluding hydrogens is 474 g/mol. The number of benzene rings is 2. The standard InChI is InChI=1S/C25H22ClN3O4S/c26-16-3-5-19(6-4-16)29-22(20-2-1-15-34-20)21-23(33-29)25(31)28(24(21)30)18-9-7-17(8-10-18)27-11-13-32-14-12-27/h1-10,15,21-23H,11-14H2/t21-,22-,23+/m1/s1. The van der Waals surface area contributed by atoms with E-state index < -0.39 is 18.1 Å². The maximum atomic E-state index is 13.7. The summed E-state index contributed by atoms with van der Waals surface area (Å²) in [6.45, 7) is 3.03. The van der Waals surface area contributed by atoms with Gasteiger partial charge in [-0.2, -0.15) is 0 Å². The summed E-state index contributed by atoms with van der Waals surface area (Å²) in [6.07, 6.45) is -0.880. The highest BCUT2D eigenvalue weighted by molar-refractivity contribution is 7.10. The van der Waals surface area contributed by atoms with Gasteiger partial charge in [0.1, 0.15) is 12.0 Å². The molecular formula is C25H22ClN3O4S. The molecule has 6 rings (SSSR count). The number of halogens is 1. The van der Waals surface area contributed by atoms with Crippen LogP contribution >= 0.6 is 22.9 Å². The minimum absolute atomic E-state index is 0.246. The van der Waals surface area contributed by atoms with Crippen LogP contribution in [0.5, 0.6) is 0 Å². The molecule has 3 aliphatic rings. The molecule has 0 bridgehead atoms. The van der Waals surface area contributed by atoms with Gasteiger partial charge in [-0.3, -0.25) is 14.4 Å².